The molecule has 0 saturated carbocycles. The van der Waals surface area contributed by atoms with Gasteiger partial charge in [-0.25, -0.2) is 13.2 Å². The number of rotatable bonds is 4. The maximum absolute atomic E-state index is 12.2. The Hall–Kier alpha value is -1.79. The number of furan rings is 1. The monoisotopic (exact) mass is 314 g/mol. The minimum Gasteiger partial charge on any atom is -0.475 e. The standard InChI is InChI=1S/C13H11ClO5S/c1-8-6-10(19-12(8)13(15)16)7-20(17,18)11-4-2-9(14)3-5-11/h2-6H,7H2,1H3,(H,15,16). The largest absolute Gasteiger partial charge is 0.475 e. The smallest absolute Gasteiger partial charge is 0.372 e. The van der Waals surface area contributed by atoms with Gasteiger partial charge in [-0.05, 0) is 37.3 Å². The molecule has 1 heterocycles. The minimum absolute atomic E-state index is 0.0925. The molecular formula is C13H11ClO5S. The SMILES string of the molecule is Cc1cc(CS(=O)(=O)c2ccc(Cl)cc2)oc1C(=O)O. The molecule has 0 fully saturated rings. The summed E-state index contributed by atoms with van der Waals surface area (Å²) in [7, 11) is -3.60. The summed E-state index contributed by atoms with van der Waals surface area (Å²) in [5.74, 6) is -1.78. The fourth-order valence-electron chi connectivity index (χ4n) is 1.74. The van der Waals surface area contributed by atoms with Gasteiger partial charge in [-0.1, -0.05) is 11.6 Å². The summed E-state index contributed by atoms with van der Waals surface area (Å²) in [6.07, 6.45) is 0. The van der Waals surface area contributed by atoms with Crippen LogP contribution in [-0.2, 0) is 15.6 Å². The molecule has 2 aromatic rings. The molecule has 2 rings (SSSR count). The Kier molecular flexibility index (Phi) is 3.87. The first-order valence-corrected chi connectivity index (χ1v) is 7.63. The summed E-state index contributed by atoms with van der Waals surface area (Å²) >= 11 is 5.70. The molecule has 1 aromatic carbocycles. The highest BCUT2D eigenvalue weighted by atomic mass is 35.5. The lowest BCUT2D eigenvalue weighted by Crippen LogP contribution is -2.04. The molecule has 0 bridgehead atoms. The van der Waals surface area contributed by atoms with Crippen LogP contribution in [0.2, 0.25) is 5.02 Å². The number of hydrogen-bond donors (Lipinski definition) is 1. The van der Waals surface area contributed by atoms with Crippen molar-refractivity contribution in [3.05, 3.63) is 52.4 Å². The van der Waals surface area contributed by atoms with Gasteiger partial charge in [0.1, 0.15) is 11.5 Å². The molecule has 0 saturated heterocycles. The number of halogens is 1. The third-order valence-electron chi connectivity index (χ3n) is 2.67. The van der Waals surface area contributed by atoms with E-state index in [0.29, 0.717) is 10.6 Å². The van der Waals surface area contributed by atoms with E-state index in [1.807, 2.05) is 0 Å². The summed E-state index contributed by atoms with van der Waals surface area (Å²) in [6, 6.07) is 7.16. The zero-order valence-electron chi connectivity index (χ0n) is 10.5. The fourth-order valence-corrected chi connectivity index (χ4v) is 3.10. The van der Waals surface area contributed by atoms with Crippen LogP contribution in [0.15, 0.2) is 39.6 Å². The van der Waals surface area contributed by atoms with Crippen molar-refractivity contribution >= 4 is 27.4 Å². The van der Waals surface area contributed by atoms with E-state index in [9.17, 15) is 13.2 Å². The maximum atomic E-state index is 12.2. The van der Waals surface area contributed by atoms with Gasteiger partial charge < -0.3 is 9.52 Å². The lowest BCUT2D eigenvalue weighted by atomic mass is 10.3. The van der Waals surface area contributed by atoms with Gasteiger partial charge in [-0.15, -0.1) is 0 Å². The Morgan fingerprint density at radius 2 is 1.90 bits per heavy atom. The van der Waals surface area contributed by atoms with Crippen molar-refractivity contribution in [3.8, 4) is 0 Å². The van der Waals surface area contributed by atoms with Gasteiger partial charge in [0, 0.05) is 10.6 Å². The molecule has 0 aliphatic heterocycles. The zero-order chi connectivity index (χ0) is 14.9. The van der Waals surface area contributed by atoms with Gasteiger partial charge in [-0.2, -0.15) is 0 Å². The molecule has 0 unspecified atom stereocenters. The van der Waals surface area contributed by atoms with Crippen LogP contribution in [0, 0.1) is 6.92 Å². The molecule has 106 valence electrons. The quantitative estimate of drug-likeness (QED) is 0.938. The van der Waals surface area contributed by atoms with Crippen LogP contribution in [0.5, 0.6) is 0 Å². The molecule has 1 N–H and O–H groups in total. The van der Waals surface area contributed by atoms with Crippen molar-refractivity contribution in [2.75, 3.05) is 0 Å². The van der Waals surface area contributed by atoms with Crippen LogP contribution >= 0.6 is 11.6 Å². The average molecular weight is 315 g/mol. The minimum atomic E-state index is -3.60. The van der Waals surface area contributed by atoms with Crippen molar-refractivity contribution in [2.45, 2.75) is 17.6 Å². The molecule has 5 nitrogen and oxygen atoms in total. The summed E-state index contributed by atoms with van der Waals surface area (Å²) in [4.78, 5) is 11.0. The molecular weight excluding hydrogens is 304 g/mol. The Morgan fingerprint density at radius 1 is 1.30 bits per heavy atom. The highest BCUT2D eigenvalue weighted by Crippen LogP contribution is 2.22. The highest BCUT2D eigenvalue weighted by molar-refractivity contribution is 7.90. The van der Waals surface area contributed by atoms with Gasteiger partial charge >= 0.3 is 5.97 Å². The van der Waals surface area contributed by atoms with E-state index < -0.39 is 21.6 Å². The molecule has 0 aliphatic rings. The van der Waals surface area contributed by atoms with E-state index in [-0.39, 0.29) is 16.4 Å². The summed E-state index contributed by atoms with van der Waals surface area (Å²) in [5.41, 5.74) is 0.388. The predicted molar refractivity (Wildman–Crippen MR) is 72.7 cm³/mol. The molecule has 0 spiro atoms. The highest BCUT2D eigenvalue weighted by Gasteiger charge is 2.21. The van der Waals surface area contributed by atoms with Gasteiger partial charge in [0.25, 0.3) is 0 Å². The lowest BCUT2D eigenvalue weighted by Gasteiger charge is -2.02. The van der Waals surface area contributed by atoms with Crippen molar-refractivity contribution in [3.63, 3.8) is 0 Å². The van der Waals surface area contributed by atoms with E-state index in [0.717, 1.165) is 0 Å². The van der Waals surface area contributed by atoms with Crippen LogP contribution in [0.4, 0.5) is 0 Å². The molecule has 20 heavy (non-hydrogen) atoms. The molecule has 0 radical (unpaired) electrons. The number of carboxylic acids is 1. The van der Waals surface area contributed by atoms with Crippen LogP contribution in [-0.4, -0.2) is 19.5 Å². The number of carbonyl (C=O) groups is 1. The first-order chi connectivity index (χ1) is 9.29. The third kappa shape index (κ3) is 3.02. The zero-order valence-corrected chi connectivity index (χ0v) is 12.0. The first kappa shape index (κ1) is 14.6. The van der Waals surface area contributed by atoms with Crippen molar-refractivity contribution < 1.29 is 22.7 Å². The Bertz CT molecular complexity index is 744. The van der Waals surface area contributed by atoms with E-state index in [4.69, 9.17) is 21.1 Å². The summed E-state index contributed by atoms with van der Waals surface area (Å²) in [6.45, 7) is 1.55. The van der Waals surface area contributed by atoms with Crippen molar-refractivity contribution in [2.24, 2.45) is 0 Å². The number of hydrogen-bond acceptors (Lipinski definition) is 4. The van der Waals surface area contributed by atoms with Gasteiger partial charge in [0.15, 0.2) is 9.84 Å². The molecule has 0 amide bonds. The van der Waals surface area contributed by atoms with Crippen molar-refractivity contribution in [1.29, 1.82) is 0 Å². The fraction of sp³-hybridized carbons (Fsp3) is 0.154. The van der Waals surface area contributed by atoms with E-state index >= 15 is 0 Å². The van der Waals surface area contributed by atoms with Crippen LogP contribution in [0.3, 0.4) is 0 Å². The number of aromatic carboxylic acids is 1. The van der Waals surface area contributed by atoms with Gasteiger partial charge in [0.05, 0.1) is 4.90 Å². The number of benzene rings is 1. The Labute approximate surface area is 120 Å². The van der Waals surface area contributed by atoms with Crippen LogP contribution < -0.4 is 0 Å². The maximum Gasteiger partial charge on any atom is 0.372 e. The van der Waals surface area contributed by atoms with E-state index in [1.54, 1.807) is 6.92 Å². The Balaban J connectivity index is 2.31. The topological polar surface area (TPSA) is 84.6 Å². The van der Waals surface area contributed by atoms with Gasteiger partial charge in [0.2, 0.25) is 5.76 Å². The predicted octanol–water partition coefficient (Wildman–Crippen LogP) is 2.91. The lowest BCUT2D eigenvalue weighted by molar-refractivity contribution is 0.0659. The summed E-state index contributed by atoms with van der Waals surface area (Å²) < 4.78 is 29.4. The average Bonchev–Trinajstić information content (AvgIpc) is 2.70. The van der Waals surface area contributed by atoms with E-state index in [2.05, 4.69) is 0 Å². The molecule has 1 aromatic heterocycles. The number of aryl methyl sites for hydroxylation is 1. The first-order valence-electron chi connectivity index (χ1n) is 5.60. The molecule has 0 aliphatic carbocycles. The number of sulfone groups is 1. The van der Waals surface area contributed by atoms with Crippen molar-refractivity contribution in [1.82, 2.24) is 0 Å². The van der Waals surface area contributed by atoms with E-state index in [1.165, 1.54) is 30.3 Å². The third-order valence-corrected chi connectivity index (χ3v) is 4.58. The molecule has 7 heteroatoms. The Morgan fingerprint density at radius 3 is 2.40 bits per heavy atom. The van der Waals surface area contributed by atoms with Crippen LogP contribution in [0.1, 0.15) is 21.9 Å². The number of carboxylic acid groups (broad SMARTS) is 1. The normalized spacial score (nSPS) is 11.5. The van der Waals surface area contributed by atoms with Crippen LogP contribution in [0.25, 0.3) is 0 Å². The second kappa shape index (κ2) is 5.30. The second-order valence-electron chi connectivity index (χ2n) is 4.24. The second-order valence-corrected chi connectivity index (χ2v) is 6.67. The van der Waals surface area contributed by atoms with Gasteiger partial charge in [-0.3, -0.25) is 0 Å². The molecule has 0 atom stereocenters. The summed E-state index contributed by atoms with van der Waals surface area (Å²) in [5, 5.41) is 9.30.